The number of carbonyl (C=O) groups excluding carboxylic acids is 1. The van der Waals surface area contributed by atoms with Gasteiger partial charge < -0.3 is 18.6 Å². The molecule has 0 N–H and O–H groups in total. The number of aromatic nitrogens is 3. The molecule has 1 fully saturated rings. The molecule has 1 saturated heterocycles. The maximum atomic E-state index is 12.6. The molecule has 0 spiro atoms. The third kappa shape index (κ3) is 2.64. The lowest BCUT2D eigenvalue weighted by molar-refractivity contribution is -0.0290. The average molecular weight is 304 g/mol. The summed E-state index contributed by atoms with van der Waals surface area (Å²) in [5, 5.41) is 7.93. The van der Waals surface area contributed by atoms with Crippen LogP contribution in [0.25, 0.3) is 0 Å². The van der Waals surface area contributed by atoms with Crippen molar-refractivity contribution in [3.05, 3.63) is 35.3 Å². The number of morpholine rings is 1. The Morgan fingerprint density at radius 1 is 1.50 bits per heavy atom. The van der Waals surface area contributed by atoms with Crippen LogP contribution in [0.5, 0.6) is 0 Å². The van der Waals surface area contributed by atoms with Crippen LogP contribution in [0.15, 0.2) is 16.8 Å². The second kappa shape index (κ2) is 5.92. The summed E-state index contributed by atoms with van der Waals surface area (Å²) < 4.78 is 13.2. The number of ether oxygens (including phenoxy) is 1. The molecule has 1 atom stereocenters. The number of amides is 1. The van der Waals surface area contributed by atoms with E-state index in [9.17, 15) is 4.79 Å². The van der Waals surface area contributed by atoms with Crippen molar-refractivity contribution in [2.24, 2.45) is 7.05 Å². The summed E-state index contributed by atoms with van der Waals surface area (Å²) in [6.07, 6.45) is 2.15. The fourth-order valence-corrected chi connectivity index (χ4v) is 2.71. The quantitative estimate of drug-likeness (QED) is 0.859. The van der Waals surface area contributed by atoms with Crippen molar-refractivity contribution in [3.63, 3.8) is 0 Å². The number of hydrogen-bond acceptors (Lipinski definition) is 5. The first-order valence-electron chi connectivity index (χ1n) is 7.44. The van der Waals surface area contributed by atoms with Gasteiger partial charge in [-0.25, -0.2) is 0 Å². The van der Waals surface area contributed by atoms with E-state index >= 15 is 0 Å². The Bertz CT molecular complexity index is 676. The monoisotopic (exact) mass is 304 g/mol. The van der Waals surface area contributed by atoms with Crippen LogP contribution in [0.4, 0.5) is 0 Å². The van der Waals surface area contributed by atoms with Crippen molar-refractivity contribution in [1.29, 1.82) is 0 Å². The van der Waals surface area contributed by atoms with Gasteiger partial charge in [-0.15, -0.1) is 10.2 Å². The fraction of sp³-hybridized carbons (Fsp3) is 0.533. The maximum absolute atomic E-state index is 12.6. The molecule has 1 aliphatic heterocycles. The van der Waals surface area contributed by atoms with Crippen LogP contribution in [0.3, 0.4) is 0 Å². The summed E-state index contributed by atoms with van der Waals surface area (Å²) in [7, 11) is 1.86. The molecule has 0 bridgehead atoms. The largest absolute Gasteiger partial charge is 0.456 e. The van der Waals surface area contributed by atoms with Gasteiger partial charge in [0, 0.05) is 20.0 Å². The van der Waals surface area contributed by atoms with E-state index < -0.39 is 0 Å². The summed E-state index contributed by atoms with van der Waals surface area (Å²) in [6.45, 7) is 5.45. The highest BCUT2D eigenvalue weighted by Crippen LogP contribution is 2.23. The number of nitrogens with zero attached hydrogens (tertiary/aromatic N) is 4. The predicted molar refractivity (Wildman–Crippen MR) is 78.4 cm³/mol. The van der Waals surface area contributed by atoms with Crippen LogP contribution >= 0.6 is 0 Å². The average Bonchev–Trinajstić information content (AvgIpc) is 3.12. The van der Waals surface area contributed by atoms with Crippen LogP contribution in [0, 0.1) is 6.92 Å². The minimum Gasteiger partial charge on any atom is -0.456 e. The number of furan rings is 1. The molecule has 7 heteroatoms. The second-order valence-electron chi connectivity index (χ2n) is 5.48. The first kappa shape index (κ1) is 14.8. The van der Waals surface area contributed by atoms with Gasteiger partial charge in [0.2, 0.25) is 0 Å². The summed E-state index contributed by atoms with van der Waals surface area (Å²) in [6, 6.07) is 1.81. The van der Waals surface area contributed by atoms with Gasteiger partial charge in [0.25, 0.3) is 5.91 Å². The van der Waals surface area contributed by atoms with E-state index in [0.717, 1.165) is 23.6 Å². The van der Waals surface area contributed by atoms with E-state index in [4.69, 9.17) is 9.15 Å². The molecule has 0 saturated carbocycles. The van der Waals surface area contributed by atoms with Crippen molar-refractivity contribution in [2.75, 3.05) is 19.7 Å². The van der Waals surface area contributed by atoms with Crippen molar-refractivity contribution in [3.8, 4) is 0 Å². The number of rotatable bonds is 3. The summed E-state index contributed by atoms with van der Waals surface area (Å²) >= 11 is 0. The molecule has 0 aliphatic carbocycles. The number of hydrogen-bond donors (Lipinski definition) is 0. The standard InChI is InChI=1S/C15H20N4O3/c1-4-11-10(2)7-12(22-11)15(20)19-5-6-21-13(8-19)14-17-16-9-18(14)3/h7,9,13H,4-6,8H2,1-3H3/t13-/m1/s1. The first-order valence-corrected chi connectivity index (χ1v) is 7.44. The molecule has 2 aromatic heterocycles. The number of aryl methyl sites for hydroxylation is 3. The third-order valence-electron chi connectivity index (χ3n) is 3.94. The molecule has 0 radical (unpaired) electrons. The van der Waals surface area contributed by atoms with E-state index in [1.165, 1.54) is 0 Å². The Kier molecular flexibility index (Phi) is 3.98. The van der Waals surface area contributed by atoms with Gasteiger partial charge in [-0.05, 0) is 18.6 Å². The zero-order valence-corrected chi connectivity index (χ0v) is 13.1. The lowest BCUT2D eigenvalue weighted by Crippen LogP contribution is -2.42. The molecule has 3 rings (SSSR count). The molecule has 0 aromatic carbocycles. The summed E-state index contributed by atoms with van der Waals surface area (Å²) in [4.78, 5) is 14.4. The topological polar surface area (TPSA) is 73.4 Å². The zero-order chi connectivity index (χ0) is 15.7. The van der Waals surface area contributed by atoms with E-state index in [0.29, 0.717) is 25.5 Å². The van der Waals surface area contributed by atoms with Crippen molar-refractivity contribution >= 4 is 5.91 Å². The Balaban J connectivity index is 1.76. The SMILES string of the molecule is CCc1oc(C(=O)N2CCO[C@@H](c3nncn3C)C2)cc1C. The van der Waals surface area contributed by atoms with Crippen LogP contribution in [-0.2, 0) is 18.2 Å². The Labute approximate surface area is 128 Å². The van der Waals surface area contributed by atoms with Gasteiger partial charge >= 0.3 is 0 Å². The first-order chi connectivity index (χ1) is 10.6. The van der Waals surface area contributed by atoms with Gasteiger partial charge in [0.1, 0.15) is 18.2 Å². The Morgan fingerprint density at radius 2 is 2.32 bits per heavy atom. The molecule has 7 nitrogen and oxygen atoms in total. The van der Waals surface area contributed by atoms with Gasteiger partial charge in [-0.3, -0.25) is 4.79 Å². The molecule has 2 aromatic rings. The van der Waals surface area contributed by atoms with E-state index in [1.54, 1.807) is 11.2 Å². The Hall–Kier alpha value is -2.15. The highest BCUT2D eigenvalue weighted by Gasteiger charge is 2.30. The van der Waals surface area contributed by atoms with Gasteiger partial charge in [0.05, 0.1) is 13.2 Å². The van der Waals surface area contributed by atoms with E-state index in [1.807, 2.05) is 31.5 Å². The van der Waals surface area contributed by atoms with Crippen molar-refractivity contribution in [1.82, 2.24) is 19.7 Å². The highest BCUT2D eigenvalue weighted by molar-refractivity contribution is 5.91. The minimum atomic E-state index is -0.257. The highest BCUT2D eigenvalue weighted by atomic mass is 16.5. The maximum Gasteiger partial charge on any atom is 0.289 e. The van der Waals surface area contributed by atoms with Crippen molar-refractivity contribution < 1.29 is 13.9 Å². The van der Waals surface area contributed by atoms with Gasteiger partial charge in [0.15, 0.2) is 11.6 Å². The van der Waals surface area contributed by atoms with Crippen LogP contribution in [0.2, 0.25) is 0 Å². The number of carbonyl (C=O) groups is 1. The molecule has 1 amide bonds. The van der Waals surface area contributed by atoms with Crippen LogP contribution in [-0.4, -0.2) is 45.3 Å². The fourth-order valence-electron chi connectivity index (χ4n) is 2.71. The molecule has 1 aliphatic rings. The van der Waals surface area contributed by atoms with Crippen LogP contribution in [0.1, 0.15) is 40.7 Å². The molecule has 3 heterocycles. The second-order valence-corrected chi connectivity index (χ2v) is 5.48. The molecule has 22 heavy (non-hydrogen) atoms. The molecular formula is C15H20N4O3. The summed E-state index contributed by atoms with van der Waals surface area (Å²) in [5.74, 6) is 1.88. The van der Waals surface area contributed by atoms with E-state index in [-0.39, 0.29) is 12.0 Å². The molecule has 118 valence electrons. The lowest BCUT2D eigenvalue weighted by atomic mass is 10.2. The normalized spacial score (nSPS) is 18.7. The lowest BCUT2D eigenvalue weighted by Gasteiger charge is -2.31. The predicted octanol–water partition coefficient (Wildman–Crippen LogP) is 1.49. The smallest absolute Gasteiger partial charge is 0.289 e. The molecular weight excluding hydrogens is 284 g/mol. The molecule has 0 unspecified atom stereocenters. The van der Waals surface area contributed by atoms with Gasteiger partial charge in [-0.1, -0.05) is 6.92 Å². The van der Waals surface area contributed by atoms with Crippen molar-refractivity contribution in [2.45, 2.75) is 26.4 Å². The third-order valence-corrected chi connectivity index (χ3v) is 3.94. The summed E-state index contributed by atoms with van der Waals surface area (Å²) in [5.41, 5.74) is 1.02. The van der Waals surface area contributed by atoms with Gasteiger partial charge in [-0.2, -0.15) is 0 Å². The van der Waals surface area contributed by atoms with Crippen LogP contribution < -0.4 is 0 Å². The minimum absolute atomic E-state index is 0.0988. The van der Waals surface area contributed by atoms with E-state index in [2.05, 4.69) is 10.2 Å². The zero-order valence-electron chi connectivity index (χ0n) is 13.1. The Morgan fingerprint density at radius 3 is 2.95 bits per heavy atom.